The molecule has 0 aromatic heterocycles. The van der Waals surface area contributed by atoms with Crippen molar-refractivity contribution in [2.45, 2.75) is 76.1 Å². The molecule has 0 spiro atoms. The van der Waals surface area contributed by atoms with Crippen molar-refractivity contribution >= 4 is 8.80 Å². The Morgan fingerprint density at radius 1 is 0.781 bits per heavy atom. The smallest absolute Gasteiger partial charge is 0.406 e. The van der Waals surface area contributed by atoms with E-state index in [0.29, 0.717) is 5.92 Å². The molecule has 0 saturated heterocycles. The minimum Gasteiger partial charge on any atom is -0.406 e. The van der Waals surface area contributed by atoms with Gasteiger partial charge in [-0.05, 0) is 86.3 Å². The van der Waals surface area contributed by atoms with E-state index in [1.807, 2.05) is 0 Å². The van der Waals surface area contributed by atoms with Crippen molar-refractivity contribution < 1.29 is 31.2 Å². The van der Waals surface area contributed by atoms with Crippen molar-refractivity contribution in [2.24, 2.45) is 17.8 Å². The Hall–Kier alpha value is -1.09. The van der Waals surface area contributed by atoms with E-state index >= 15 is 0 Å². The van der Waals surface area contributed by atoms with E-state index in [1.54, 1.807) is 33.5 Å². The van der Waals surface area contributed by atoms with Crippen LogP contribution in [0.4, 0.5) is 13.2 Å². The summed E-state index contributed by atoms with van der Waals surface area (Å²) in [6, 6.07) is 7.33. The highest BCUT2D eigenvalue weighted by Crippen LogP contribution is 2.45. The van der Waals surface area contributed by atoms with E-state index in [2.05, 4.69) is 4.74 Å². The lowest BCUT2D eigenvalue weighted by Gasteiger charge is -2.38. The first-order valence-corrected chi connectivity index (χ1v) is 13.7. The summed E-state index contributed by atoms with van der Waals surface area (Å²) < 4.78 is 57.7. The topological polar surface area (TPSA) is 36.9 Å². The maximum atomic E-state index is 12.3. The molecular weight excluding hydrogens is 437 g/mol. The highest BCUT2D eigenvalue weighted by atomic mass is 28.4. The van der Waals surface area contributed by atoms with E-state index in [4.69, 9.17) is 13.3 Å². The third-order valence-electron chi connectivity index (χ3n) is 7.71. The molecule has 2 saturated carbocycles. The molecular formula is C24H37F3O4Si. The number of rotatable bonds is 9. The van der Waals surface area contributed by atoms with Crippen molar-refractivity contribution in [1.82, 2.24) is 0 Å². The van der Waals surface area contributed by atoms with Crippen LogP contribution >= 0.6 is 0 Å². The van der Waals surface area contributed by atoms with Crippen LogP contribution in [0.2, 0.25) is 6.04 Å². The second-order valence-corrected chi connectivity index (χ2v) is 12.4. The van der Waals surface area contributed by atoms with Gasteiger partial charge in [-0.3, -0.25) is 0 Å². The first kappa shape index (κ1) is 25.5. The van der Waals surface area contributed by atoms with Crippen molar-refractivity contribution in [1.29, 1.82) is 0 Å². The molecule has 0 aliphatic heterocycles. The summed E-state index contributed by atoms with van der Waals surface area (Å²) in [7, 11) is 2.56. The molecule has 1 aromatic rings. The van der Waals surface area contributed by atoms with Gasteiger partial charge in [-0.25, -0.2) is 0 Å². The summed E-state index contributed by atoms with van der Waals surface area (Å²) in [6.07, 6.45) is 6.27. The minimum absolute atomic E-state index is 0.145. The lowest BCUT2D eigenvalue weighted by Crippen LogP contribution is -2.43. The van der Waals surface area contributed by atoms with Crippen LogP contribution in [0.3, 0.4) is 0 Å². The van der Waals surface area contributed by atoms with Gasteiger partial charge in [0.05, 0.1) is 0 Å². The molecule has 0 bridgehead atoms. The van der Waals surface area contributed by atoms with Crippen molar-refractivity contribution in [3.05, 3.63) is 29.8 Å². The molecule has 2 aliphatic rings. The zero-order valence-electron chi connectivity index (χ0n) is 19.5. The predicted octanol–water partition coefficient (Wildman–Crippen LogP) is 6.93. The van der Waals surface area contributed by atoms with Gasteiger partial charge in [-0.2, -0.15) is 0 Å². The van der Waals surface area contributed by atoms with Crippen LogP contribution in [-0.4, -0.2) is 36.5 Å². The number of halogens is 3. The zero-order valence-corrected chi connectivity index (χ0v) is 20.5. The van der Waals surface area contributed by atoms with E-state index in [1.165, 1.54) is 50.7 Å². The van der Waals surface area contributed by atoms with Gasteiger partial charge >= 0.3 is 15.2 Å². The van der Waals surface area contributed by atoms with Crippen LogP contribution in [0.25, 0.3) is 0 Å². The van der Waals surface area contributed by atoms with Gasteiger partial charge in [0.25, 0.3) is 0 Å². The monoisotopic (exact) mass is 474 g/mol. The molecule has 32 heavy (non-hydrogen) atoms. The summed E-state index contributed by atoms with van der Waals surface area (Å²) in [5.41, 5.74) is 1.13. The Labute approximate surface area is 191 Å². The average Bonchev–Trinajstić information content (AvgIpc) is 2.80. The zero-order chi connectivity index (χ0) is 23.2. The summed E-state index contributed by atoms with van der Waals surface area (Å²) in [6.45, 7) is 0. The van der Waals surface area contributed by atoms with Crippen LogP contribution in [-0.2, 0) is 13.3 Å². The first-order chi connectivity index (χ1) is 15.3. The second kappa shape index (κ2) is 11.4. The Balaban J connectivity index is 1.41. The number of benzene rings is 1. The van der Waals surface area contributed by atoms with Gasteiger partial charge in [0, 0.05) is 27.4 Å². The van der Waals surface area contributed by atoms with E-state index in [-0.39, 0.29) is 5.75 Å². The number of alkyl halides is 3. The molecule has 0 heterocycles. The predicted molar refractivity (Wildman–Crippen MR) is 119 cm³/mol. The highest BCUT2D eigenvalue weighted by Gasteiger charge is 2.39. The van der Waals surface area contributed by atoms with E-state index in [0.717, 1.165) is 48.6 Å². The highest BCUT2D eigenvalue weighted by molar-refractivity contribution is 6.60. The fourth-order valence-corrected chi connectivity index (χ4v) is 7.63. The Morgan fingerprint density at radius 3 is 1.75 bits per heavy atom. The fraction of sp³-hybridized carbons (Fsp3) is 0.750. The number of hydrogen-bond donors (Lipinski definition) is 0. The number of hydrogen-bond acceptors (Lipinski definition) is 4. The molecule has 0 amide bonds. The third kappa shape index (κ3) is 6.95. The summed E-state index contributed by atoms with van der Waals surface area (Å²) in [4.78, 5) is 0. The molecule has 1 aromatic carbocycles. The Bertz CT molecular complexity index is 669. The standard InChI is InChI=1S/C24H37F3O4Si/c1-28-32(29-2,30-3)17-16-18-4-6-19(7-5-18)20-8-10-21(11-9-20)22-12-14-23(15-13-22)31-24(25,26)27/h12-15,18-21H,4-11,16-17H2,1-3H3/t18-,19-,20-,21-. The van der Waals surface area contributed by atoms with Gasteiger partial charge in [0.1, 0.15) is 5.75 Å². The van der Waals surface area contributed by atoms with Gasteiger partial charge in [-0.1, -0.05) is 25.0 Å². The lowest BCUT2D eigenvalue weighted by molar-refractivity contribution is -0.274. The first-order valence-electron chi connectivity index (χ1n) is 11.8. The van der Waals surface area contributed by atoms with E-state index in [9.17, 15) is 13.2 Å². The molecule has 4 nitrogen and oxygen atoms in total. The molecule has 0 N–H and O–H groups in total. The van der Waals surface area contributed by atoms with Gasteiger partial charge in [0.15, 0.2) is 0 Å². The largest absolute Gasteiger partial charge is 0.573 e. The fourth-order valence-electron chi connectivity index (χ4n) is 5.75. The quantitative estimate of drug-likeness (QED) is 0.364. The van der Waals surface area contributed by atoms with Crippen molar-refractivity contribution in [3.8, 4) is 5.75 Å². The molecule has 182 valence electrons. The van der Waals surface area contributed by atoms with Gasteiger partial charge < -0.3 is 18.0 Å². The molecule has 0 unspecified atom stereocenters. The second-order valence-electron chi connectivity index (χ2n) is 9.34. The van der Waals surface area contributed by atoms with Crippen molar-refractivity contribution in [2.75, 3.05) is 21.3 Å². The molecule has 3 rings (SSSR count). The van der Waals surface area contributed by atoms with Crippen molar-refractivity contribution in [3.63, 3.8) is 0 Å². The SMILES string of the molecule is CO[Si](CC[C@H]1CC[C@H]([C@H]2CC[C@H](c3ccc(OC(F)(F)F)cc3)CC2)CC1)(OC)OC. The maximum Gasteiger partial charge on any atom is 0.573 e. The minimum atomic E-state index is -4.64. The maximum absolute atomic E-state index is 12.3. The molecule has 2 aliphatic carbocycles. The Kier molecular flexibility index (Phi) is 9.06. The normalized spacial score (nSPS) is 27.3. The van der Waals surface area contributed by atoms with Crippen LogP contribution < -0.4 is 4.74 Å². The van der Waals surface area contributed by atoms with Gasteiger partial charge in [0.2, 0.25) is 0 Å². The average molecular weight is 475 g/mol. The lowest BCUT2D eigenvalue weighted by atomic mass is 9.68. The Morgan fingerprint density at radius 2 is 1.28 bits per heavy atom. The van der Waals surface area contributed by atoms with Gasteiger partial charge in [-0.15, -0.1) is 13.2 Å². The van der Waals surface area contributed by atoms with Crippen LogP contribution in [0, 0.1) is 17.8 Å². The molecule has 8 heteroatoms. The number of ether oxygens (including phenoxy) is 1. The van der Waals surface area contributed by atoms with Crippen LogP contribution in [0.1, 0.15) is 69.3 Å². The summed E-state index contributed by atoms with van der Waals surface area (Å²) in [5, 5.41) is 0. The molecule has 0 atom stereocenters. The summed E-state index contributed by atoms with van der Waals surface area (Å²) in [5.74, 6) is 2.62. The van der Waals surface area contributed by atoms with Crippen LogP contribution in [0.5, 0.6) is 5.75 Å². The summed E-state index contributed by atoms with van der Waals surface area (Å²) >= 11 is 0. The van der Waals surface area contributed by atoms with Crippen LogP contribution in [0.15, 0.2) is 24.3 Å². The third-order valence-corrected chi connectivity index (χ3v) is 10.5. The molecule has 0 radical (unpaired) electrons. The van der Waals surface area contributed by atoms with E-state index < -0.39 is 15.2 Å². The molecule has 2 fully saturated rings.